The molecular formula is C11H16F2N2O4S. The minimum atomic E-state index is -3.78. The molecule has 1 unspecified atom stereocenters. The number of halogens is 2. The molecule has 0 amide bonds. The van der Waals surface area contributed by atoms with Gasteiger partial charge in [-0.2, -0.15) is 0 Å². The summed E-state index contributed by atoms with van der Waals surface area (Å²) in [6.45, 7) is -0.883. The number of aliphatic hydroxyl groups excluding tert-OH is 1. The summed E-state index contributed by atoms with van der Waals surface area (Å²) in [6.07, 6.45) is -5.02. The molecule has 20 heavy (non-hydrogen) atoms. The third-order valence-electron chi connectivity index (χ3n) is 2.30. The van der Waals surface area contributed by atoms with Crippen LogP contribution in [0.1, 0.15) is 0 Å². The van der Waals surface area contributed by atoms with E-state index in [4.69, 9.17) is 15.6 Å². The number of nitrogens with one attached hydrogen (secondary N) is 1. The topological polar surface area (TPSA) is 102 Å². The molecular weight excluding hydrogens is 294 g/mol. The lowest BCUT2D eigenvalue weighted by Crippen LogP contribution is -2.37. The zero-order valence-electron chi connectivity index (χ0n) is 10.5. The summed E-state index contributed by atoms with van der Waals surface area (Å²) in [5.41, 5.74) is 6.02. The van der Waals surface area contributed by atoms with Crippen LogP contribution in [0.5, 0.6) is 5.75 Å². The summed E-state index contributed by atoms with van der Waals surface area (Å²) in [4.78, 5) is 0. The van der Waals surface area contributed by atoms with Gasteiger partial charge in [-0.05, 0) is 24.3 Å². The minimum Gasteiger partial charge on any atom is -0.492 e. The highest BCUT2D eigenvalue weighted by molar-refractivity contribution is 7.89. The van der Waals surface area contributed by atoms with E-state index in [2.05, 4.69) is 0 Å². The molecule has 114 valence electrons. The zero-order chi connectivity index (χ0) is 15.2. The predicted molar refractivity (Wildman–Crippen MR) is 70.1 cm³/mol. The van der Waals surface area contributed by atoms with E-state index in [1.54, 1.807) is 24.3 Å². The molecule has 0 fully saturated rings. The van der Waals surface area contributed by atoms with Gasteiger partial charge in [0.2, 0.25) is 10.0 Å². The van der Waals surface area contributed by atoms with Crippen molar-refractivity contribution in [1.82, 2.24) is 4.72 Å². The van der Waals surface area contributed by atoms with Crippen LogP contribution in [0, 0.1) is 0 Å². The fourth-order valence-electron chi connectivity index (χ4n) is 1.21. The van der Waals surface area contributed by atoms with Crippen LogP contribution in [0.4, 0.5) is 14.5 Å². The Kier molecular flexibility index (Phi) is 6.11. The Morgan fingerprint density at radius 2 is 1.90 bits per heavy atom. The molecule has 1 atom stereocenters. The van der Waals surface area contributed by atoms with Crippen molar-refractivity contribution in [3.63, 3.8) is 0 Å². The van der Waals surface area contributed by atoms with E-state index in [1.807, 2.05) is 4.72 Å². The smallest absolute Gasteiger partial charge is 0.265 e. The van der Waals surface area contributed by atoms with E-state index < -0.39 is 34.9 Å². The van der Waals surface area contributed by atoms with Crippen LogP contribution in [0.15, 0.2) is 24.3 Å². The maximum absolute atomic E-state index is 12.0. The van der Waals surface area contributed by atoms with Crippen LogP contribution >= 0.6 is 0 Å². The molecule has 1 aromatic rings. The average Bonchev–Trinajstić information content (AvgIpc) is 2.38. The first-order valence-electron chi connectivity index (χ1n) is 5.72. The van der Waals surface area contributed by atoms with Crippen molar-refractivity contribution in [2.45, 2.75) is 12.5 Å². The highest BCUT2D eigenvalue weighted by atomic mass is 32.2. The number of nitrogen functional groups attached to an aromatic ring is 1. The van der Waals surface area contributed by atoms with Crippen molar-refractivity contribution < 1.29 is 27.0 Å². The lowest BCUT2D eigenvalue weighted by atomic mass is 10.3. The van der Waals surface area contributed by atoms with Crippen LogP contribution in [0.2, 0.25) is 0 Å². The number of sulfonamides is 1. The Morgan fingerprint density at radius 3 is 2.45 bits per heavy atom. The minimum absolute atomic E-state index is 0.149. The van der Waals surface area contributed by atoms with E-state index in [0.717, 1.165) is 0 Å². The first-order chi connectivity index (χ1) is 9.30. The van der Waals surface area contributed by atoms with Gasteiger partial charge in [0.25, 0.3) is 6.43 Å². The van der Waals surface area contributed by atoms with Crippen molar-refractivity contribution in [3.8, 4) is 5.75 Å². The summed E-state index contributed by atoms with van der Waals surface area (Å²) in [6, 6.07) is 6.36. The number of nitrogens with two attached hydrogens (primary N) is 1. The van der Waals surface area contributed by atoms with E-state index in [9.17, 15) is 17.2 Å². The van der Waals surface area contributed by atoms with Crippen LogP contribution in [-0.4, -0.2) is 45.0 Å². The van der Waals surface area contributed by atoms with Gasteiger partial charge in [0.05, 0.1) is 5.75 Å². The highest BCUT2D eigenvalue weighted by Crippen LogP contribution is 2.12. The number of anilines is 1. The van der Waals surface area contributed by atoms with Crippen molar-refractivity contribution in [1.29, 1.82) is 0 Å². The number of alkyl halides is 2. The van der Waals surface area contributed by atoms with Gasteiger partial charge in [0.1, 0.15) is 18.5 Å². The number of rotatable bonds is 8. The lowest BCUT2D eigenvalue weighted by molar-refractivity contribution is -0.000456. The molecule has 0 spiro atoms. The number of hydrogen-bond acceptors (Lipinski definition) is 5. The van der Waals surface area contributed by atoms with Gasteiger partial charge in [-0.3, -0.25) is 0 Å². The van der Waals surface area contributed by atoms with Gasteiger partial charge in [0, 0.05) is 12.2 Å². The van der Waals surface area contributed by atoms with Crippen molar-refractivity contribution >= 4 is 15.7 Å². The first kappa shape index (κ1) is 16.6. The van der Waals surface area contributed by atoms with Gasteiger partial charge < -0.3 is 15.6 Å². The summed E-state index contributed by atoms with van der Waals surface area (Å²) in [5.74, 6) is 0.0369. The molecule has 0 saturated carbocycles. The van der Waals surface area contributed by atoms with Crippen molar-refractivity contribution in [3.05, 3.63) is 24.3 Å². The van der Waals surface area contributed by atoms with Crippen LogP contribution in [-0.2, 0) is 10.0 Å². The Morgan fingerprint density at radius 1 is 1.30 bits per heavy atom. The molecule has 0 saturated heterocycles. The SMILES string of the molecule is Nc1ccc(OCCS(=O)(=O)NCC(O)C(F)F)cc1. The second-order valence-electron chi connectivity index (χ2n) is 3.99. The van der Waals surface area contributed by atoms with E-state index >= 15 is 0 Å². The van der Waals surface area contributed by atoms with Crippen LogP contribution < -0.4 is 15.2 Å². The van der Waals surface area contributed by atoms with Crippen LogP contribution in [0.3, 0.4) is 0 Å². The summed E-state index contributed by atoms with van der Waals surface area (Å²) in [5, 5.41) is 8.80. The molecule has 9 heteroatoms. The average molecular weight is 310 g/mol. The molecule has 0 heterocycles. The van der Waals surface area contributed by atoms with Gasteiger partial charge >= 0.3 is 0 Å². The fourth-order valence-corrected chi connectivity index (χ4v) is 2.08. The second kappa shape index (κ2) is 7.36. The van der Waals surface area contributed by atoms with Crippen LogP contribution in [0.25, 0.3) is 0 Å². The summed E-state index contributed by atoms with van der Waals surface area (Å²) >= 11 is 0. The molecule has 4 N–H and O–H groups in total. The highest BCUT2D eigenvalue weighted by Gasteiger charge is 2.19. The predicted octanol–water partition coefficient (Wildman–Crippen LogP) is 0.193. The zero-order valence-corrected chi connectivity index (χ0v) is 11.3. The van der Waals surface area contributed by atoms with E-state index in [0.29, 0.717) is 11.4 Å². The quantitative estimate of drug-likeness (QED) is 0.595. The standard InChI is InChI=1S/C11H16F2N2O4S/c12-11(13)10(16)7-15-20(17,18)6-5-19-9-3-1-8(14)2-4-9/h1-4,10-11,15-16H,5-7,14H2. The summed E-state index contributed by atoms with van der Waals surface area (Å²) in [7, 11) is -3.78. The third-order valence-corrected chi connectivity index (χ3v) is 3.61. The maximum Gasteiger partial charge on any atom is 0.265 e. The Labute approximate surface area is 115 Å². The summed E-state index contributed by atoms with van der Waals surface area (Å²) < 4.78 is 53.9. The molecule has 0 bridgehead atoms. The van der Waals surface area contributed by atoms with Gasteiger partial charge in [-0.1, -0.05) is 0 Å². The number of aliphatic hydroxyl groups is 1. The maximum atomic E-state index is 12.0. The van der Waals surface area contributed by atoms with E-state index in [-0.39, 0.29) is 6.61 Å². The van der Waals surface area contributed by atoms with E-state index in [1.165, 1.54) is 0 Å². The molecule has 0 aliphatic rings. The van der Waals surface area contributed by atoms with Crippen molar-refractivity contribution in [2.75, 3.05) is 24.6 Å². The van der Waals surface area contributed by atoms with Gasteiger partial charge in [0.15, 0.2) is 0 Å². The molecule has 0 radical (unpaired) electrons. The molecule has 0 aromatic heterocycles. The Balaban J connectivity index is 2.34. The number of benzene rings is 1. The largest absolute Gasteiger partial charge is 0.492 e. The van der Waals surface area contributed by atoms with Gasteiger partial charge in [-0.25, -0.2) is 21.9 Å². The number of ether oxygens (including phenoxy) is 1. The second-order valence-corrected chi connectivity index (χ2v) is 5.91. The normalized spacial score (nSPS) is 13.4. The first-order valence-corrected chi connectivity index (χ1v) is 7.37. The van der Waals surface area contributed by atoms with Crippen molar-refractivity contribution in [2.24, 2.45) is 0 Å². The molecule has 6 nitrogen and oxygen atoms in total. The molecule has 1 aromatic carbocycles. The fraction of sp³-hybridized carbons (Fsp3) is 0.455. The Hall–Kier alpha value is -1.45. The molecule has 0 aliphatic heterocycles. The molecule has 1 rings (SSSR count). The Bertz CT molecular complexity index is 508. The van der Waals surface area contributed by atoms with Gasteiger partial charge in [-0.15, -0.1) is 0 Å². The lowest BCUT2D eigenvalue weighted by Gasteiger charge is -2.11. The monoisotopic (exact) mass is 310 g/mol. The molecule has 0 aliphatic carbocycles. The number of hydrogen-bond donors (Lipinski definition) is 3. The third kappa shape index (κ3) is 6.13.